The van der Waals surface area contributed by atoms with E-state index in [1.54, 1.807) is 44.7 Å². The molecule has 3 amide bonds. The van der Waals surface area contributed by atoms with Gasteiger partial charge in [0.25, 0.3) is 5.91 Å². The molecule has 0 aliphatic carbocycles. The molecule has 0 aromatic heterocycles. The van der Waals surface area contributed by atoms with Crippen molar-refractivity contribution in [2.45, 2.75) is 55.7 Å². The van der Waals surface area contributed by atoms with Gasteiger partial charge < -0.3 is 19.8 Å². The summed E-state index contributed by atoms with van der Waals surface area (Å²) < 4.78 is -0.840. The lowest BCUT2D eigenvalue weighted by Gasteiger charge is -2.42. The second kappa shape index (κ2) is 12.5. The number of aliphatic hydroxyl groups is 1. The molecule has 0 radical (unpaired) electrons. The fraction of sp³-hybridized carbons (Fsp3) is 0.441. The van der Waals surface area contributed by atoms with Crippen molar-refractivity contribution in [1.29, 1.82) is 0 Å². The number of halogens is 1. The van der Waals surface area contributed by atoms with Crippen LogP contribution < -0.4 is 9.80 Å². The largest absolute Gasteiger partial charge is 0.394 e. The monoisotopic (exact) mass is 621 g/mol. The van der Waals surface area contributed by atoms with Crippen LogP contribution in [0.4, 0.5) is 11.4 Å². The van der Waals surface area contributed by atoms with Crippen LogP contribution in [0.15, 0.2) is 73.8 Å². The number of likely N-dealkylation sites (tertiary alicyclic amines) is 1. The van der Waals surface area contributed by atoms with E-state index in [1.807, 2.05) is 56.3 Å². The lowest BCUT2D eigenvalue weighted by molar-refractivity contribution is -0.142. The molecule has 0 saturated carbocycles. The van der Waals surface area contributed by atoms with Gasteiger partial charge >= 0.3 is 0 Å². The number of nitrogens with zero attached hydrogens (tertiary/aromatic N) is 3. The first kappa shape index (κ1) is 31.4. The molecule has 5 rings (SSSR count). The highest BCUT2D eigenvalue weighted by molar-refractivity contribution is 8.02. The second-order valence-electron chi connectivity index (χ2n) is 11.8. The van der Waals surface area contributed by atoms with Crippen LogP contribution in [0.3, 0.4) is 0 Å². The number of amides is 3. The summed E-state index contributed by atoms with van der Waals surface area (Å²) in [5.74, 6) is -1.97. The first-order valence-corrected chi connectivity index (χ1v) is 16.2. The quantitative estimate of drug-likeness (QED) is 0.336. The summed E-state index contributed by atoms with van der Waals surface area (Å²) in [4.78, 5) is 49.0. The van der Waals surface area contributed by atoms with Crippen LogP contribution in [0.2, 0.25) is 5.02 Å². The maximum absolute atomic E-state index is 15.0. The number of fused-ring (bicyclic) bond motifs is 1. The molecule has 2 bridgehead atoms. The highest BCUT2D eigenvalue weighted by Gasteiger charge is 2.77. The van der Waals surface area contributed by atoms with Gasteiger partial charge in [-0.15, -0.1) is 24.9 Å². The van der Waals surface area contributed by atoms with Gasteiger partial charge in [-0.2, -0.15) is 0 Å². The molecule has 1 spiro atoms. The number of anilines is 2. The molecule has 3 saturated heterocycles. The summed E-state index contributed by atoms with van der Waals surface area (Å²) >= 11 is 8.31. The van der Waals surface area contributed by atoms with E-state index in [-0.39, 0.29) is 42.0 Å². The summed E-state index contributed by atoms with van der Waals surface area (Å²) in [6.45, 7) is 13.9. The average Bonchev–Trinajstić information content (AvgIpc) is 3.59. The van der Waals surface area contributed by atoms with E-state index in [0.29, 0.717) is 30.1 Å². The van der Waals surface area contributed by atoms with Crippen LogP contribution in [0.5, 0.6) is 0 Å². The number of carbonyl (C=O) groups excluding carboxylic acids is 3. The van der Waals surface area contributed by atoms with Crippen molar-refractivity contribution >= 4 is 52.5 Å². The van der Waals surface area contributed by atoms with Gasteiger partial charge in [0.15, 0.2) is 0 Å². The summed E-state index contributed by atoms with van der Waals surface area (Å²) in [6.07, 6.45) is 4.52. The zero-order valence-corrected chi connectivity index (χ0v) is 26.6. The van der Waals surface area contributed by atoms with Crippen LogP contribution in [0, 0.1) is 24.7 Å². The number of aryl methyl sites for hydroxylation is 1. The number of thioether (sulfide) groups is 1. The Balaban J connectivity index is 1.65. The minimum Gasteiger partial charge on any atom is -0.394 e. The van der Waals surface area contributed by atoms with Gasteiger partial charge in [-0.25, -0.2) is 0 Å². The molecular weight excluding hydrogens is 582 g/mol. The fourth-order valence-corrected chi connectivity index (χ4v) is 10.3. The Bertz CT molecular complexity index is 1400. The van der Waals surface area contributed by atoms with E-state index in [0.717, 1.165) is 11.3 Å². The van der Waals surface area contributed by atoms with Crippen LogP contribution in [0.25, 0.3) is 0 Å². The van der Waals surface area contributed by atoms with Crippen molar-refractivity contribution < 1.29 is 19.5 Å². The Morgan fingerprint density at radius 1 is 1.12 bits per heavy atom. The lowest BCUT2D eigenvalue weighted by Crippen LogP contribution is -2.59. The third-order valence-electron chi connectivity index (χ3n) is 9.46. The molecule has 3 heterocycles. The molecular formula is C34H40ClN3O4S. The molecule has 7 nitrogen and oxygen atoms in total. The van der Waals surface area contributed by atoms with Crippen molar-refractivity contribution in [3.05, 3.63) is 84.4 Å². The standard InChI is InChI=1S/C34H40ClN3O4S/c1-6-17-36(24-14-10-9-11-15-24)31(40)27-26-19-22(5)34(43-26)28(27)32(41)38(23(8-3)20-39)30(34)33(42)37(18-7-2)29-21(4)13-12-16-25(29)35/h6-7,9-16,22-23,26-28,30,39H,1-2,8,17-20H2,3-5H3/t22?,23-,26-,27+,28-,30?,34?/m0/s1. The molecule has 9 heteroatoms. The van der Waals surface area contributed by atoms with Crippen LogP contribution in [-0.2, 0) is 14.4 Å². The van der Waals surface area contributed by atoms with Gasteiger partial charge in [0.2, 0.25) is 11.8 Å². The number of hydrogen-bond donors (Lipinski definition) is 1. The zero-order valence-electron chi connectivity index (χ0n) is 25.0. The van der Waals surface area contributed by atoms with Gasteiger partial charge in [-0.1, -0.05) is 67.9 Å². The Morgan fingerprint density at radius 3 is 2.40 bits per heavy atom. The first-order valence-electron chi connectivity index (χ1n) is 14.9. The summed E-state index contributed by atoms with van der Waals surface area (Å²) in [6, 6.07) is 13.5. The van der Waals surface area contributed by atoms with Crippen LogP contribution in [0.1, 0.15) is 32.3 Å². The van der Waals surface area contributed by atoms with Crippen molar-refractivity contribution in [3.8, 4) is 0 Å². The van der Waals surface area contributed by atoms with Gasteiger partial charge in [0.05, 0.1) is 39.9 Å². The average molecular weight is 622 g/mol. The van der Waals surface area contributed by atoms with E-state index in [4.69, 9.17) is 11.6 Å². The first-order chi connectivity index (χ1) is 20.7. The SMILES string of the molecule is C=CCN(C(=O)[C@@H]1[C@@H]2CC(C)C3(S2)C(C(=O)N(CC=C)c2c(C)cccc2Cl)N([C@@H](CC)CO)C(=O)[C@H]13)c1ccccc1. The Kier molecular flexibility index (Phi) is 9.12. The van der Waals surface area contributed by atoms with E-state index >= 15 is 0 Å². The molecule has 2 aromatic rings. The number of benzene rings is 2. The summed E-state index contributed by atoms with van der Waals surface area (Å²) in [5.41, 5.74) is 2.15. The van der Waals surface area contributed by atoms with E-state index in [2.05, 4.69) is 20.1 Å². The molecule has 3 aliphatic heterocycles. The Morgan fingerprint density at radius 2 is 1.79 bits per heavy atom. The third kappa shape index (κ3) is 4.92. The maximum atomic E-state index is 15.0. The van der Waals surface area contributed by atoms with Crippen LogP contribution >= 0.6 is 23.4 Å². The van der Waals surface area contributed by atoms with Gasteiger partial charge in [-0.05, 0) is 49.4 Å². The van der Waals surface area contributed by atoms with Crippen molar-refractivity contribution in [3.63, 3.8) is 0 Å². The number of para-hydroxylation sites is 2. The third-order valence-corrected chi connectivity index (χ3v) is 11.8. The second-order valence-corrected chi connectivity index (χ2v) is 13.7. The van der Waals surface area contributed by atoms with E-state index in [9.17, 15) is 19.5 Å². The predicted octanol–water partition coefficient (Wildman–Crippen LogP) is 5.49. The summed E-state index contributed by atoms with van der Waals surface area (Å²) in [7, 11) is 0. The minimum atomic E-state index is -0.884. The van der Waals surface area contributed by atoms with Crippen molar-refractivity contribution in [1.82, 2.24) is 4.90 Å². The number of carbonyl (C=O) groups is 3. The predicted molar refractivity (Wildman–Crippen MR) is 174 cm³/mol. The van der Waals surface area contributed by atoms with Crippen molar-refractivity contribution in [2.24, 2.45) is 17.8 Å². The Hall–Kier alpha value is -3.07. The minimum absolute atomic E-state index is 0.0156. The molecule has 1 N–H and O–H groups in total. The molecule has 2 aromatic carbocycles. The normalized spacial score (nSPS) is 28.0. The number of hydrogen-bond acceptors (Lipinski definition) is 5. The molecule has 3 unspecified atom stereocenters. The number of rotatable bonds is 11. The van der Waals surface area contributed by atoms with Crippen molar-refractivity contribution in [2.75, 3.05) is 29.5 Å². The fourth-order valence-electron chi connectivity index (χ4n) is 7.60. The van der Waals surface area contributed by atoms with Gasteiger partial charge in [-0.3, -0.25) is 14.4 Å². The topological polar surface area (TPSA) is 81.2 Å². The zero-order chi connectivity index (χ0) is 31.1. The molecule has 228 valence electrons. The number of aliphatic hydroxyl groups excluding tert-OH is 1. The summed E-state index contributed by atoms with van der Waals surface area (Å²) in [5, 5.41) is 10.8. The maximum Gasteiger partial charge on any atom is 0.251 e. The van der Waals surface area contributed by atoms with E-state index < -0.39 is 28.7 Å². The molecule has 43 heavy (non-hydrogen) atoms. The highest BCUT2D eigenvalue weighted by atomic mass is 35.5. The highest BCUT2D eigenvalue weighted by Crippen LogP contribution is 2.69. The lowest BCUT2D eigenvalue weighted by atomic mass is 9.65. The molecule has 3 aliphatic rings. The molecule has 7 atom stereocenters. The van der Waals surface area contributed by atoms with Gasteiger partial charge in [0, 0.05) is 24.0 Å². The van der Waals surface area contributed by atoms with E-state index in [1.165, 1.54) is 0 Å². The molecule has 3 fully saturated rings. The Labute approximate surface area is 263 Å². The van der Waals surface area contributed by atoms with Crippen LogP contribution in [-0.4, -0.2) is 69.5 Å². The van der Waals surface area contributed by atoms with Gasteiger partial charge in [0.1, 0.15) is 6.04 Å². The smallest absolute Gasteiger partial charge is 0.251 e.